The van der Waals surface area contributed by atoms with Crippen molar-refractivity contribution < 1.29 is 13.9 Å². The Morgan fingerprint density at radius 1 is 1.03 bits per heavy atom. The van der Waals surface area contributed by atoms with Crippen LogP contribution in [0.1, 0.15) is 11.3 Å². The molecule has 0 N–H and O–H groups in total. The lowest BCUT2D eigenvalue weighted by Gasteiger charge is -2.19. The van der Waals surface area contributed by atoms with E-state index in [2.05, 4.69) is 10.1 Å². The van der Waals surface area contributed by atoms with Crippen LogP contribution in [0, 0.1) is 12.7 Å². The molecule has 6 rings (SSSR count). The first-order valence-electron chi connectivity index (χ1n) is 10.6. The SMILES string of the molecule is Cc1nn2c(ncc3c(=O)n(Cc4ccc5c(c4)OCCO5)ccc32)c1-c1ccc(F)cc1. The van der Waals surface area contributed by atoms with E-state index in [9.17, 15) is 9.18 Å². The van der Waals surface area contributed by atoms with Crippen LogP contribution >= 0.6 is 0 Å². The van der Waals surface area contributed by atoms with Crippen LogP contribution in [0.4, 0.5) is 4.39 Å². The van der Waals surface area contributed by atoms with Crippen molar-refractivity contribution in [1.29, 1.82) is 0 Å². The second-order valence-electron chi connectivity index (χ2n) is 7.99. The highest BCUT2D eigenvalue weighted by Gasteiger charge is 2.17. The number of nitrogens with zero attached hydrogens (tertiary/aromatic N) is 4. The summed E-state index contributed by atoms with van der Waals surface area (Å²) in [5.41, 5.74) is 4.45. The van der Waals surface area contributed by atoms with Gasteiger partial charge in [0.2, 0.25) is 0 Å². The standard InChI is InChI=1S/C25H19FN4O3/c1-15-23(17-3-5-18(26)6-4-17)24-27-13-19-20(30(24)28-15)8-9-29(25(19)31)14-16-2-7-21-22(12-16)33-11-10-32-21/h2-9,12-13H,10-11,14H2,1H3. The molecule has 0 amide bonds. The summed E-state index contributed by atoms with van der Waals surface area (Å²) >= 11 is 0. The van der Waals surface area contributed by atoms with Crippen molar-refractivity contribution >= 4 is 16.6 Å². The molecule has 1 aliphatic rings. The molecule has 7 nitrogen and oxygen atoms in total. The van der Waals surface area contributed by atoms with Gasteiger partial charge in [-0.05, 0) is 48.4 Å². The zero-order valence-electron chi connectivity index (χ0n) is 17.8. The molecule has 0 fully saturated rings. The van der Waals surface area contributed by atoms with Gasteiger partial charge in [-0.1, -0.05) is 18.2 Å². The lowest BCUT2D eigenvalue weighted by Crippen LogP contribution is -2.21. The first kappa shape index (κ1) is 19.5. The maximum Gasteiger partial charge on any atom is 0.261 e. The molecular formula is C25H19FN4O3. The van der Waals surface area contributed by atoms with Crippen molar-refractivity contribution in [3.8, 4) is 22.6 Å². The van der Waals surface area contributed by atoms with Crippen LogP contribution in [0.5, 0.6) is 11.5 Å². The monoisotopic (exact) mass is 442 g/mol. The Bertz CT molecular complexity index is 1590. The Morgan fingerprint density at radius 3 is 2.64 bits per heavy atom. The van der Waals surface area contributed by atoms with E-state index >= 15 is 0 Å². The number of ether oxygens (including phenoxy) is 2. The van der Waals surface area contributed by atoms with E-state index in [4.69, 9.17) is 9.47 Å². The van der Waals surface area contributed by atoms with Gasteiger partial charge < -0.3 is 14.0 Å². The molecule has 8 heteroatoms. The molecule has 5 aromatic rings. The van der Waals surface area contributed by atoms with E-state index in [1.807, 2.05) is 31.2 Å². The Hall–Kier alpha value is -4.20. The molecule has 0 atom stereocenters. The van der Waals surface area contributed by atoms with Crippen molar-refractivity contribution in [3.63, 3.8) is 0 Å². The third-order valence-corrected chi connectivity index (χ3v) is 5.85. The molecule has 33 heavy (non-hydrogen) atoms. The van der Waals surface area contributed by atoms with Gasteiger partial charge in [-0.25, -0.2) is 13.9 Å². The molecule has 2 aromatic carbocycles. The molecular weight excluding hydrogens is 423 g/mol. The largest absolute Gasteiger partial charge is 0.486 e. The lowest BCUT2D eigenvalue weighted by atomic mass is 10.1. The van der Waals surface area contributed by atoms with Crippen molar-refractivity contribution in [2.75, 3.05) is 13.2 Å². The van der Waals surface area contributed by atoms with Gasteiger partial charge in [0.25, 0.3) is 5.56 Å². The summed E-state index contributed by atoms with van der Waals surface area (Å²) in [6.45, 7) is 3.32. The first-order valence-corrected chi connectivity index (χ1v) is 10.6. The highest BCUT2D eigenvalue weighted by molar-refractivity contribution is 5.86. The van der Waals surface area contributed by atoms with Crippen LogP contribution < -0.4 is 15.0 Å². The number of halogens is 1. The maximum atomic E-state index is 13.4. The average Bonchev–Trinajstić information content (AvgIpc) is 3.17. The minimum Gasteiger partial charge on any atom is -0.486 e. The van der Waals surface area contributed by atoms with E-state index in [0.717, 1.165) is 22.4 Å². The molecule has 164 valence electrons. The van der Waals surface area contributed by atoms with Gasteiger partial charge in [-0.3, -0.25) is 4.79 Å². The van der Waals surface area contributed by atoms with Crippen molar-refractivity contribution in [3.05, 3.63) is 88.4 Å². The number of hydrogen-bond acceptors (Lipinski definition) is 5. The number of benzene rings is 2. The van der Waals surface area contributed by atoms with Gasteiger partial charge in [-0.15, -0.1) is 0 Å². The van der Waals surface area contributed by atoms with Crippen LogP contribution in [-0.4, -0.2) is 32.4 Å². The molecule has 0 spiro atoms. The van der Waals surface area contributed by atoms with E-state index < -0.39 is 0 Å². The van der Waals surface area contributed by atoms with Gasteiger partial charge >= 0.3 is 0 Å². The summed E-state index contributed by atoms with van der Waals surface area (Å²) in [4.78, 5) is 17.8. The number of rotatable bonds is 3. The molecule has 1 aliphatic heterocycles. The molecule has 0 saturated heterocycles. The molecule has 3 aromatic heterocycles. The summed E-state index contributed by atoms with van der Waals surface area (Å²) in [5.74, 6) is 1.11. The molecule has 0 unspecified atom stereocenters. The van der Waals surface area contributed by atoms with Crippen LogP contribution in [0.2, 0.25) is 0 Å². The second kappa shape index (κ2) is 7.44. The third kappa shape index (κ3) is 3.22. The summed E-state index contributed by atoms with van der Waals surface area (Å²) in [7, 11) is 0. The van der Waals surface area contributed by atoms with Crippen LogP contribution in [0.3, 0.4) is 0 Å². The molecule has 4 heterocycles. The Kier molecular flexibility index (Phi) is 4.39. The van der Waals surface area contributed by atoms with Crippen LogP contribution in [0.15, 0.2) is 65.7 Å². The summed E-state index contributed by atoms with van der Waals surface area (Å²) < 4.78 is 27.9. The highest BCUT2D eigenvalue weighted by Crippen LogP contribution is 2.31. The topological polar surface area (TPSA) is 70.7 Å². The molecule has 0 aliphatic carbocycles. The minimum atomic E-state index is -0.301. The predicted octanol–water partition coefficient (Wildman–Crippen LogP) is 3.98. The van der Waals surface area contributed by atoms with Crippen molar-refractivity contribution in [2.24, 2.45) is 0 Å². The van der Waals surface area contributed by atoms with E-state index in [0.29, 0.717) is 47.8 Å². The number of fused-ring (bicyclic) bond motifs is 4. The number of aryl methyl sites for hydroxylation is 1. The average molecular weight is 442 g/mol. The van der Waals surface area contributed by atoms with Gasteiger partial charge in [-0.2, -0.15) is 5.10 Å². The fourth-order valence-corrected chi connectivity index (χ4v) is 4.28. The summed E-state index contributed by atoms with van der Waals surface area (Å²) in [6.07, 6.45) is 3.34. The van der Waals surface area contributed by atoms with E-state index in [-0.39, 0.29) is 11.4 Å². The maximum absolute atomic E-state index is 13.4. The van der Waals surface area contributed by atoms with E-state index in [1.165, 1.54) is 12.1 Å². The Morgan fingerprint density at radius 2 is 1.82 bits per heavy atom. The first-order chi connectivity index (χ1) is 16.1. The number of aromatic nitrogens is 4. The Labute approximate surface area is 187 Å². The normalized spacial score (nSPS) is 13.0. The van der Waals surface area contributed by atoms with E-state index in [1.54, 1.807) is 33.6 Å². The minimum absolute atomic E-state index is 0.159. The van der Waals surface area contributed by atoms with Gasteiger partial charge in [0.1, 0.15) is 19.0 Å². The predicted molar refractivity (Wildman–Crippen MR) is 121 cm³/mol. The number of pyridine rings is 1. The fraction of sp³-hybridized carbons (Fsp3) is 0.160. The molecule has 0 saturated carbocycles. The van der Waals surface area contributed by atoms with Crippen molar-refractivity contribution in [2.45, 2.75) is 13.5 Å². The van der Waals surface area contributed by atoms with Crippen LogP contribution in [-0.2, 0) is 6.54 Å². The molecule has 0 radical (unpaired) electrons. The summed E-state index contributed by atoms with van der Waals surface area (Å²) in [5, 5.41) is 5.09. The smallest absolute Gasteiger partial charge is 0.261 e. The zero-order chi connectivity index (χ0) is 22.5. The summed E-state index contributed by atoms with van der Waals surface area (Å²) in [6, 6.07) is 13.8. The molecule has 0 bridgehead atoms. The van der Waals surface area contributed by atoms with Crippen molar-refractivity contribution in [1.82, 2.24) is 19.2 Å². The van der Waals surface area contributed by atoms with Gasteiger partial charge in [0, 0.05) is 18.0 Å². The third-order valence-electron chi connectivity index (χ3n) is 5.85. The zero-order valence-corrected chi connectivity index (χ0v) is 17.8. The number of hydrogen-bond donors (Lipinski definition) is 0. The van der Waals surface area contributed by atoms with Gasteiger partial charge in [0.15, 0.2) is 17.1 Å². The van der Waals surface area contributed by atoms with Crippen LogP contribution in [0.25, 0.3) is 27.7 Å². The quantitative estimate of drug-likeness (QED) is 0.423. The lowest BCUT2D eigenvalue weighted by molar-refractivity contribution is 0.171. The fourth-order valence-electron chi connectivity index (χ4n) is 4.28. The Balaban J connectivity index is 1.43. The van der Waals surface area contributed by atoms with Gasteiger partial charge in [0.05, 0.1) is 23.1 Å². The second-order valence-corrected chi connectivity index (χ2v) is 7.99. The highest BCUT2D eigenvalue weighted by atomic mass is 19.1.